The molecule has 23 heavy (non-hydrogen) atoms. The van der Waals surface area contributed by atoms with E-state index in [1.54, 1.807) is 0 Å². The van der Waals surface area contributed by atoms with Crippen molar-refractivity contribution in [2.45, 2.75) is 69.7 Å². The molecule has 5 unspecified atom stereocenters. The van der Waals surface area contributed by atoms with E-state index in [0.29, 0.717) is 30.1 Å². The third-order valence-electron chi connectivity index (χ3n) is 6.08. The molecule has 0 aromatic carbocycles. The Morgan fingerprint density at radius 2 is 2.00 bits per heavy atom. The fraction of sp³-hybridized carbons (Fsp3) is 0.941. The third-order valence-corrected chi connectivity index (χ3v) is 6.08. The van der Waals surface area contributed by atoms with Crippen molar-refractivity contribution >= 4 is 5.91 Å². The lowest BCUT2D eigenvalue weighted by Gasteiger charge is -2.37. The summed E-state index contributed by atoms with van der Waals surface area (Å²) in [5.41, 5.74) is 3.41. The smallest absolute Gasteiger partial charge is 0.238 e. The molecule has 1 saturated carbocycles. The lowest BCUT2D eigenvalue weighted by atomic mass is 9.85. The van der Waals surface area contributed by atoms with E-state index in [2.05, 4.69) is 33.3 Å². The summed E-state index contributed by atoms with van der Waals surface area (Å²) in [6.07, 6.45) is 7.41. The summed E-state index contributed by atoms with van der Waals surface area (Å²) < 4.78 is 0. The van der Waals surface area contributed by atoms with Crippen LogP contribution in [-0.4, -0.2) is 54.8 Å². The van der Waals surface area contributed by atoms with E-state index in [0.717, 1.165) is 32.5 Å². The summed E-state index contributed by atoms with van der Waals surface area (Å²) in [7, 11) is 0. The van der Waals surface area contributed by atoms with Gasteiger partial charge in [-0.25, -0.2) is 10.4 Å². The lowest BCUT2D eigenvalue weighted by Crippen LogP contribution is -2.58. The predicted molar refractivity (Wildman–Crippen MR) is 89.5 cm³/mol. The van der Waals surface area contributed by atoms with Gasteiger partial charge in [0, 0.05) is 25.0 Å². The van der Waals surface area contributed by atoms with Gasteiger partial charge in [-0.1, -0.05) is 6.92 Å². The Bertz CT molecular complexity index is 427. The van der Waals surface area contributed by atoms with Crippen molar-refractivity contribution < 1.29 is 4.79 Å². The van der Waals surface area contributed by atoms with Crippen molar-refractivity contribution in [3.8, 4) is 0 Å². The molecule has 0 aromatic rings. The second kappa shape index (κ2) is 6.67. The molecule has 0 radical (unpaired) electrons. The molecule has 3 saturated heterocycles. The SMILES string of the molecule is CC1CCCNC1C(NC(=O)C1CC2NCCCN2N1)C1CC1. The number of carbonyl (C=O) groups excluding carboxylic acids is 1. The second-order valence-electron chi connectivity index (χ2n) is 7.91. The van der Waals surface area contributed by atoms with Crippen LogP contribution in [0.25, 0.3) is 0 Å². The van der Waals surface area contributed by atoms with Gasteiger partial charge in [-0.15, -0.1) is 0 Å². The van der Waals surface area contributed by atoms with Gasteiger partial charge in [0.1, 0.15) is 6.04 Å². The summed E-state index contributed by atoms with van der Waals surface area (Å²) in [6.45, 7) is 5.52. The van der Waals surface area contributed by atoms with Gasteiger partial charge in [0.2, 0.25) is 5.91 Å². The van der Waals surface area contributed by atoms with Gasteiger partial charge in [-0.05, 0) is 57.0 Å². The lowest BCUT2D eigenvalue weighted by molar-refractivity contribution is -0.124. The Labute approximate surface area is 139 Å². The van der Waals surface area contributed by atoms with E-state index in [9.17, 15) is 4.79 Å². The van der Waals surface area contributed by atoms with Crippen LogP contribution in [0.1, 0.15) is 45.4 Å². The molecule has 0 aromatic heterocycles. The first-order chi connectivity index (χ1) is 11.2. The van der Waals surface area contributed by atoms with Crippen LogP contribution >= 0.6 is 0 Å². The molecule has 3 aliphatic heterocycles. The number of rotatable bonds is 4. The number of hydrogen-bond acceptors (Lipinski definition) is 5. The minimum Gasteiger partial charge on any atom is -0.350 e. The van der Waals surface area contributed by atoms with Crippen LogP contribution in [0.4, 0.5) is 0 Å². The summed E-state index contributed by atoms with van der Waals surface area (Å²) >= 11 is 0. The van der Waals surface area contributed by atoms with E-state index in [1.807, 2.05) is 0 Å². The molecule has 1 aliphatic carbocycles. The molecule has 1 amide bonds. The average molecular weight is 321 g/mol. The number of amides is 1. The summed E-state index contributed by atoms with van der Waals surface area (Å²) in [4.78, 5) is 12.8. The van der Waals surface area contributed by atoms with Crippen molar-refractivity contribution in [2.24, 2.45) is 11.8 Å². The number of fused-ring (bicyclic) bond motifs is 1. The molecule has 5 atom stereocenters. The molecule has 6 heteroatoms. The van der Waals surface area contributed by atoms with Gasteiger partial charge < -0.3 is 16.0 Å². The largest absolute Gasteiger partial charge is 0.350 e. The molecule has 0 bridgehead atoms. The fourth-order valence-corrected chi connectivity index (χ4v) is 4.57. The highest BCUT2D eigenvalue weighted by Crippen LogP contribution is 2.37. The number of nitrogens with one attached hydrogen (secondary N) is 4. The summed E-state index contributed by atoms with van der Waals surface area (Å²) in [5.74, 6) is 1.52. The van der Waals surface area contributed by atoms with E-state index >= 15 is 0 Å². The van der Waals surface area contributed by atoms with Crippen LogP contribution in [0.15, 0.2) is 0 Å². The molecule has 4 fully saturated rings. The minimum absolute atomic E-state index is 0.0780. The average Bonchev–Trinajstić information content (AvgIpc) is 3.31. The van der Waals surface area contributed by atoms with E-state index < -0.39 is 0 Å². The van der Waals surface area contributed by atoms with Gasteiger partial charge in [-0.2, -0.15) is 0 Å². The maximum atomic E-state index is 12.8. The van der Waals surface area contributed by atoms with Crippen LogP contribution in [0.5, 0.6) is 0 Å². The third kappa shape index (κ3) is 3.40. The maximum absolute atomic E-state index is 12.8. The van der Waals surface area contributed by atoms with Crippen molar-refractivity contribution in [2.75, 3.05) is 19.6 Å². The Balaban J connectivity index is 1.38. The highest BCUT2D eigenvalue weighted by molar-refractivity contribution is 5.82. The highest BCUT2D eigenvalue weighted by atomic mass is 16.2. The normalized spacial score (nSPS) is 39.7. The maximum Gasteiger partial charge on any atom is 0.238 e. The zero-order chi connectivity index (χ0) is 15.8. The van der Waals surface area contributed by atoms with Crippen molar-refractivity contribution in [1.82, 2.24) is 26.4 Å². The van der Waals surface area contributed by atoms with Crippen molar-refractivity contribution in [1.29, 1.82) is 0 Å². The number of nitrogens with zero attached hydrogens (tertiary/aromatic N) is 1. The van der Waals surface area contributed by atoms with E-state index in [4.69, 9.17) is 0 Å². The predicted octanol–water partition coefficient (Wildman–Crippen LogP) is 0.168. The first-order valence-corrected chi connectivity index (χ1v) is 9.52. The Morgan fingerprint density at radius 3 is 2.74 bits per heavy atom. The number of hydrazine groups is 1. The Hall–Kier alpha value is -0.690. The van der Waals surface area contributed by atoms with Gasteiger partial charge in [0.15, 0.2) is 0 Å². The number of piperidine rings is 1. The Morgan fingerprint density at radius 1 is 1.17 bits per heavy atom. The van der Waals surface area contributed by atoms with Gasteiger partial charge >= 0.3 is 0 Å². The van der Waals surface area contributed by atoms with Crippen LogP contribution < -0.4 is 21.4 Å². The quantitative estimate of drug-likeness (QED) is 0.594. The number of hydrogen-bond donors (Lipinski definition) is 4. The van der Waals surface area contributed by atoms with Crippen LogP contribution in [0.3, 0.4) is 0 Å². The molecule has 3 heterocycles. The zero-order valence-corrected chi connectivity index (χ0v) is 14.2. The van der Waals surface area contributed by atoms with E-state index in [1.165, 1.54) is 25.7 Å². The van der Waals surface area contributed by atoms with E-state index in [-0.39, 0.29) is 11.9 Å². The van der Waals surface area contributed by atoms with Crippen LogP contribution in [0, 0.1) is 11.8 Å². The second-order valence-corrected chi connectivity index (χ2v) is 7.91. The van der Waals surface area contributed by atoms with Crippen LogP contribution in [-0.2, 0) is 4.79 Å². The molecular weight excluding hydrogens is 290 g/mol. The summed E-state index contributed by atoms with van der Waals surface area (Å²) in [6, 6.07) is 0.679. The molecule has 130 valence electrons. The first-order valence-electron chi connectivity index (χ1n) is 9.52. The molecule has 4 N–H and O–H groups in total. The topological polar surface area (TPSA) is 68.4 Å². The van der Waals surface area contributed by atoms with Crippen molar-refractivity contribution in [3.63, 3.8) is 0 Å². The molecule has 4 rings (SSSR count). The van der Waals surface area contributed by atoms with Crippen LogP contribution in [0.2, 0.25) is 0 Å². The zero-order valence-electron chi connectivity index (χ0n) is 14.2. The standard InChI is InChI=1S/C17H31N5O/c1-11-4-2-7-19-15(11)16(12-5-6-12)20-17(23)13-10-14-18-8-3-9-22(14)21-13/h11-16,18-19,21H,2-10H2,1H3,(H,20,23). The molecule has 0 spiro atoms. The highest BCUT2D eigenvalue weighted by Gasteiger charge is 2.43. The minimum atomic E-state index is -0.0780. The fourth-order valence-electron chi connectivity index (χ4n) is 4.57. The van der Waals surface area contributed by atoms with Crippen molar-refractivity contribution in [3.05, 3.63) is 0 Å². The Kier molecular flexibility index (Phi) is 4.58. The summed E-state index contributed by atoms with van der Waals surface area (Å²) in [5, 5.41) is 12.8. The molecular formula is C17H31N5O. The molecule has 4 aliphatic rings. The van der Waals surface area contributed by atoms with Gasteiger partial charge in [-0.3, -0.25) is 4.79 Å². The monoisotopic (exact) mass is 321 g/mol. The van der Waals surface area contributed by atoms with Gasteiger partial charge in [0.05, 0.1) is 6.17 Å². The molecule has 6 nitrogen and oxygen atoms in total. The number of carbonyl (C=O) groups is 1. The first kappa shape index (κ1) is 15.8. The van der Waals surface area contributed by atoms with Gasteiger partial charge in [0.25, 0.3) is 0 Å².